The third-order valence-corrected chi connectivity index (χ3v) is 4.30. The molecule has 23 heavy (non-hydrogen) atoms. The fourth-order valence-electron chi connectivity index (χ4n) is 2.71. The molecule has 1 aliphatic rings. The first-order valence-corrected chi connectivity index (χ1v) is 7.59. The zero-order chi connectivity index (χ0) is 16.6. The third kappa shape index (κ3) is 2.84. The molecule has 0 saturated carbocycles. The summed E-state index contributed by atoms with van der Waals surface area (Å²) in [5, 5.41) is 16.0. The second-order valence-corrected chi connectivity index (χ2v) is 6.33. The highest BCUT2D eigenvalue weighted by atomic mass is 16.4. The summed E-state index contributed by atoms with van der Waals surface area (Å²) in [6.07, 6.45) is 6.21. The second-order valence-electron chi connectivity index (χ2n) is 6.33. The van der Waals surface area contributed by atoms with Crippen LogP contribution in [0.15, 0.2) is 30.6 Å². The predicted octanol–water partition coefficient (Wildman–Crippen LogP) is 2.44. The van der Waals surface area contributed by atoms with Crippen LogP contribution in [0, 0.1) is 0 Å². The molecule has 0 saturated heterocycles. The highest BCUT2D eigenvalue weighted by molar-refractivity contribution is 6.04. The van der Waals surface area contributed by atoms with Gasteiger partial charge in [0.1, 0.15) is 0 Å². The molecule has 6 nitrogen and oxygen atoms in total. The molecule has 1 aromatic carbocycles. The standard InChI is InChI=1S/C17H19N3O3/c1-17(2,16(22)23)20-10-14(9-18-20)19-15(21)13-7-6-11-4-3-5-12(11)8-13/h6-10H,3-5H2,1-2H3,(H,19,21)(H,22,23). The highest BCUT2D eigenvalue weighted by Crippen LogP contribution is 2.23. The molecule has 1 heterocycles. The lowest BCUT2D eigenvalue weighted by Crippen LogP contribution is -2.35. The Morgan fingerprint density at radius 2 is 2.00 bits per heavy atom. The third-order valence-electron chi connectivity index (χ3n) is 4.30. The van der Waals surface area contributed by atoms with E-state index in [4.69, 9.17) is 0 Å². The molecular formula is C17H19N3O3. The van der Waals surface area contributed by atoms with Gasteiger partial charge >= 0.3 is 5.97 Å². The molecule has 0 bridgehead atoms. The zero-order valence-corrected chi connectivity index (χ0v) is 13.2. The molecule has 0 unspecified atom stereocenters. The van der Waals surface area contributed by atoms with E-state index in [1.54, 1.807) is 13.8 Å². The van der Waals surface area contributed by atoms with Gasteiger partial charge in [-0.15, -0.1) is 0 Å². The summed E-state index contributed by atoms with van der Waals surface area (Å²) in [6, 6.07) is 5.77. The minimum Gasteiger partial charge on any atom is -0.479 e. The fourth-order valence-corrected chi connectivity index (χ4v) is 2.71. The van der Waals surface area contributed by atoms with Gasteiger partial charge in [0, 0.05) is 11.8 Å². The molecule has 1 aliphatic carbocycles. The average Bonchev–Trinajstić information content (AvgIpc) is 3.14. The SMILES string of the molecule is CC(C)(C(=O)O)n1cc(NC(=O)c2ccc3c(c2)CCC3)cn1. The summed E-state index contributed by atoms with van der Waals surface area (Å²) in [4.78, 5) is 23.6. The number of carboxylic acids is 1. The molecule has 1 aromatic heterocycles. The van der Waals surface area contributed by atoms with Gasteiger partial charge in [0.2, 0.25) is 0 Å². The summed E-state index contributed by atoms with van der Waals surface area (Å²) >= 11 is 0. The van der Waals surface area contributed by atoms with Crippen LogP contribution in [0.3, 0.4) is 0 Å². The van der Waals surface area contributed by atoms with Gasteiger partial charge in [-0.2, -0.15) is 5.10 Å². The van der Waals surface area contributed by atoms with Crippen molar-refractivity contribution < 1.29 is 14.7 Å². The van der Waals surface area contributed by atoms with Crippen molar-refractivity contribution >= 4 is 17.6 Å². The summed E-state index contributed by atoms with van der Waals surface area (Å²) in [5.74, 6) is -1.20. The molecule has 0 atom stereocenters. The predicted molar refractivity (Wildman–Crippen MR) is 85.6 cm³/mol. The Hall–Kier alpha value is -2.63. The number of nitrogens with one attached hydrogen (secondary N) is 1. The van der Waals surface area contributed by atoms with E-state index in [1.165, 1.54) is 28.2 Å². The van der Waals surface area contributed by atoms with Gasteiger partial charge in [-0.3, -0.25) is 9.48 Å². The van der Waals surface area contributed by atoms with Crippen LogP contribution in [-0.4, -0.2) is 26.8 Å². The van der Waals surface area contributed by atoms with E-state index in [0.29, 0.717) is 11.3 Å². The molecule has 0 aliphatic heterocycles. The van der Waals surface area contributed by atoms with E-state index in [-0.39, 0.29) is 5.91 Å². The van der Waals surface area contributed by atoms with E-state index in [1.807, 2.05) is 18.2 Å². The van der Waals surface area contributed by atoms with E-state index >= 15 is 0 Å². The molecule has 120 valence electrons. The Kier molecular flexibility index (Phi) is 3.67. The highest BCUT2D eigenvalue weighted by Gasteiger charge is 2.30. The van der Waals surface area contributed by atoms with Gasteiger partial charge < -0.3 is 10.4 Å². The fraction of sp³-hybridized carbons (Fsp3) is 0.353. The maximum atomic E-state index is 12.3. The average molecular weight is 313 g/mol. The molecule has 0 spiro atoms. The Morgan fingerprint density at radius 1 is 1.26 bits per heavy atom. The number of anilines is 1. The first-order chi connectivity index (χ1) is 10.9. The molecule has 0 radical (unpaired) electrons. The number of benzene rings is 1. The van der Waals surface area contributed by atoms with Crippen LogP contribution in [0.2, 0.25) is 0 Å². The van der Waals surface area contributed by atoms with E-state index in [2.05, 4.69) is 10.4 Å². The normalized spacial score (nSPS) is 13.7. The van der Waals surface area contributed by atoms with Crippen LogP contribution in [0.1, 0.15) is 41.8 Å². The van der Waals surface area contributed by atoms with Gasteiger partial charge in [0.15, 0.2) is 5.54 Å². The van der Waals surface area contributed by atoms with E-state index in [9.17, 15) is 14.7 Å². The van der Waals surface area contributed by atoms with Crippen LogP contribution in [-0.2, 0) is 23.2 Å². The Morgan fingerprint density at radius 3 is 2.74 bits per heavy atom. The summed E-state index contributed by atoms with van der Waals surface area (Å²) < 4.78 is 1.33. The van der Waals surface area contributed by atoms with Crippen molar-refractivity contribution in [1.29, 1.82) is 0 Å². The van der Waals surface area contributed by atoms with Crippen molar-refractivity contribution in [3.8, 4) is 0 Å². The lowest BCUT2D eigenvalue weighted by Gasteiger charge is -2.19. The number of amides is 1. The quantitative estimate of drug-likeness (QED) is 0.908. The molecule has 0 fully saturated rings. The Balaban J connectivity index is 1.76. The molecule has 3 rings (SSSR count). The minimum absolute atomic E-state index is 0.215. The number of carbonyl (C=O) groups excluding carboxylic acids is 1. The number of carbonyl (C=O) groups is 2. The zero-order valence-electron chi connectivity index (χ0n) is 13.2. The second kappa shape index (κ2) is 5.53. The number of rotatable bonds is 4. The number of hydrogen-bond acceptors (Lipinski definition) is 3. The van der Waals surface area contributed by atoms with Crippen LogP contribution in [0.5, 0.6) is 0 Å². The van der Waals surface area contributed by atoms with Gasteiger partial charge in [0.05, 0.1) is 11.9 Å². The number of aryl methyl sites for hydroxylation is 2. The van der Waals surface area contributed by atoms with Crippen molar-refractivity contribution in [2.75, 3.05) is 5.32 Å². The number of fused-ring (bicyclic) bond motifs is 1. The van der Waals surface area contributed by atoms with Crippen LogP contribution >= 0.6 is 0 Å². The summed E-state index contributed by atoms with van der Waals surface area (Å²) in [7, 11) is 0. The molecule has 6 heteroatoms. The minimum atomic E-state index is -1.17. The summed E-state index contributed by atoms with van der Waals surface area (Å²) in [5.41, 5.74) is 2.47. The Bertz CT molecular complexity index is 777. The van der Waals surface area contributed by atoms with Crippen LogP contribution < -0.4 is 5.32 Å². The van der Waals surface area contributed by atoms with Crippen molar-refractivity contribution in [3.63, 3.8) is 0 Å². The molecule has 1 amide bonds. The first kappa shape index (κ1) is 15.3. The van der Waals surface area contributed by atoms with Crippen molar-refractivity contribution in [1.82, 2.24) is 9.78 Å². The lowest BCUT2D eigenvalue weighted by atomic mass is 10.1. The molecule has 2 aromatic rings. The summed E-state index contributed by atoms with van der Waals surface area (Å²) in [6.45, 7) is 3.10. The lowest BCUT2D eigenvalue weighted by molar-refractivity contribution is -0.146. The Labute approximate surface area is 134 Å². The van der Waals surface area contributed by atoms with Gasteiger partial charge in [-0.25, -0.2) is 4.79 Å². The van der Waals surface area contributed by atoms with Gasteiger partial charge in [-0.1, -0.05) is 6.07 Å². The van der Waals surface area contributed by atoms with E-state index < -0.39 is 11.5 Å². The number of aliphatic carboxylic acids is 1. The number of hydrogen-bond donors (Lipinski definition) is 2. The molecular weight excluding hydrogens is 294 g/mol. The number of nitrogens with zero attached hydrogens (tertiary/aromatic N) is 2. The number of carboxylic acid groups (broad SMARTS) is 1. The number of aromatic nitrogens is 2. The van der Waals surface area contributed by atoms with Crippen LogP contribution in [0.25, 0.3) is 0 Å². The first-order valence-electron chi connectivity index (χ1n) is 7.59. The van der Waals surface area contributed by atoms with Gasteiger partial charge in [-0.05, 0) is 56.4 Å². The van der Waals surface area contributed by atoms with Crippen molar-refractivity contribution in [2.24, 2.45) is 0 Å². The monoisotopic (exact) mass is 313 g/mol. The van der Waals surface area contributed by atoms with E-state index in [0.717, 1.165) is 19.3 Å². The topological polar surface area (TPSA) is 84.2 Å². The maximum absolute atomic E-state index is 12.3. The maximum Gasteiger partial charge on any atom is 0.331 e. The largest absolute Gasteiger partial charge is 0.479 e. The van der Waals surface area contributed by atoms with Crippen LogP contribution in [0.4, 0.5) is 5.69 Å². The molecule has 2 N–H and O–H groups in total. The smallest absolute Gasteiger partial charge is 0.331 e. The van der Waals surface area contributed by atoms with Crippen molar-refractivity contribution in [3.05, 3.63) is 47.3 Å². The van der Waals surface area contributed by atoms with Crippen molar-refractivity contribution in [2.45, 2.75) is 38.6 Å². The van der Waals surface area contributed by atoms with Gasteiger partial charge in [0.25, 0.3) is 5.91 Å².